The van der Waals surface area contributed by atoms with Crippen LogP contribution in [-0.2, 0) is 9.53 Å². The van der Waals surface area contributed by atoms with Crippen LogP contribution >= 0.6 is 23.2 Å². The van der Waals surface area contributed by atoms with E-state index >= 15 is 0 Å². The number of ether oxygens (including phenoxy) is 1. The molecule has 4 rings (SSSR count). The summed E-state index contributed by atoms with van der Waals surface area (Å²) >= 11 is 12.9. The molecule has 8 heteroatoms. The summed E-state index contributed by atoms with van der Waals surface area (Å²) in [5, 5.41) is 4.30. The van der Waals surface area contributed by atoms with Gasteiger partial charge in [-0.05, 0) is 94.7 Å². The zero-order chi connectivity index (χ0) is 27.4. The van der Waals surface area contributed by atoms with Crippen molar-refractivity contribution >= 4 is 40.9 Å². The minimum atomic E-state index is -0.507. The highest BCUT2D eigenvalue weighted by molar-refractivity contribution is 6.33. The molecule has 2 fully saturated rings. The summed E-state index contributed by atoms with van der Waals surface area (Å²) in [6.07, 6.45) is 3.15. The fraction of sp³-hybridized carbons (Fsp3) is 0.533. The normalized spacial score (nSPS) is 22.2. The summed E-state index contributed by atoms with van der Waals surface area (Å²) in [4.78, 5) is 30.0. The lowest BCUT2D eigenvalue weighted by atomic mass is 9.81. The minimum Gasteiger partial charge on any atom is -0.444 e. The van der Waals surface area contributed by atoms with Crippen LogP contribution in [0.15, 0.2) is 42.5 Å². The monoisotopic (exact) mass is 559 g/mol. The molecule has 1 aliphatic carbocycles. The molecular weight excluding hydrogens is 521 g/mol. The molecule has 0 bridgehead atoms. The molecule has 0 spiro atoms. The minimum absolute atomic E-state index is 0.0143. The number of benzene rings is 2. The van der Waals surface area contributed by atoms with Gasteiger partial charge in [0.15, 0.2) is 0 Å². The van der Waals surface area contributed by atoms with Gasteiger partial charge in [0.2, 0.25) is 5.91 Å². The first-order valence-electron chi connectivity index (χ1n) is 13.5. The van der Waals surface area contributed by atoms with E-state index in [0.717, 1.165) is 47.5 Å². The lowest BCUT2D eigenvalue weighted by molar-refractivity contribution is -0.137. The maximum atomic E-state index is 13.6. The zero-order valence-corrected chi connectivity index (χ0v) is 24.3. The second kappa shape index (κ2) is 12.2. The maximum absolute atomic E-state index is 13.6. The summed E-state index contributed by atoms with van der Waals surface area (Å²) in [6.45, 7) is 10.2. The standard InChI is InChI=1S/C30H39Cl2N3O3/c1-20-5-14-26(25(32)17-20)35-16-15-34(19-27(35)22-10-12-24(31)13-11-22)28(36)23-8-6-21(7-9-23)18-33-29(37)38-30(2,3)4/h5,10-14,17,21,23,27H,6-9,15-16,18-19H2,1-4H3,(H,33,37)/t21?,23?,27-/m0/s1. The summed E-state index contributed by atoms with van der Waals surface area (Å²) in [5.74, 6) is 0.624. The van der Waals surface area contributed by atoms with Gasteiger partial charge in [-0.1, -0.05) is 41.4 Å². The number of alkyl carbamates (subject to hydrolysis) is 1. The first-order chi connectivity index (χ1) is 18.0. The molecule has 38 heavy (non-hydrogen) atoms. The average Bonchev–Trinajstić information content (AvgIpc) is 2.87. The third-order valence-corrected chi connectivity index (χ3v) is 8.04. The topological polar surface area (TPSA) is 61.9 Å². The van der Waals surface area contributed by atoms with E-state index < -0.39 is 5.60 Å². The number of hydrogen-bond acceptors (Lipinski definition) is 4. The number of carbonyl (C=O) groups is 2. The van der Waals surface area contributed by atoms with E-state index in [9.17, 15) is 9.59 Å². The largest absolute Gasteiger partial charge is 0.444 e. The molecule has 1 saturated heterocycles. The van der Waals surface area contributed by atoms with Gasteiger partial charge in [0.05, 0.1) is 16.8 Å². The van der Waals surface area contributed by atoms with Crippen LogP contribution in [0.4, 0.5) is 10.5 Å². The van der Waals surface area contributed by atoms with Gasteiger partial charge < -0.3 is 19.9 Å². The number of anilines is 1. The second-order valence-electron chi connectivity index (χ2n) is 11.6. The number of aryl methyl sites for hydroxylation is 1. The SMILES string of the molecule is Cc1ccc(N2CCN(C(=O)C3CCC(CNC(=O)OC(C)(C)C)CC3)C[C@H]2c2ccc(Cl)cc2)c(Cl)c1. The number of piperazine rings is 1. The van der Waals surface area contributed by atoms with Crippen molar-refractivity contribution in [2.45, 2.75) is 65.0 Å². The number of amides is 2. The molecule has 1 atom stereocenters. The molecule has 0 aromatic heterocycles. The Morgan fingerprint density at radius 2 is 1.68 bits per heavy atom. The van der Waals surface area contributed by atoms with Crippen molar-refractivity contribution in [3.05, 3.63) is 63.6 Å². The highest BCUT2D eigenvalue weighted by Gasteiger charge is 2.36. The number of hydrogen-bond donors (Lipinski definition) is 1. The van der Waals surface area contributed by atoms with Gasteiger partial charge in [0.1, 0.15) is 5.60 Å². The first-order valence-corrected chi connectivity index (χ1v) is 14.3. The number of halogens is 2. The van der Waals surface area contributed by atoms with Crippen LogP contribution in [0, 0.1) is 18.8 Å². The quantitative estimate of drug-likeness (QED) is 0.427. The molecule has 1 aliphatic heterocycles. The van der Waals surface area contributed by atoms with Gasteiger partial charge >= 0.3 is 6.09 Å². The Kier molecular flexibility index (Phi) is 9.15. The lowest BCUT2D eigenvalue weighted by Gasteiger charge is -2.44. The highest BCUT2D eigenvalue weighted by Crippen LogP contribution is 2.37. The van der Waals surface area contributed by atoms with Gasteiger partial charge in [-0.25, -0.2) is 4.79 Å². The number of nitrogens with one attached hydrogen (secondary N) is 1. The van der Waals surface area contributed by atoms with Crippen LogP contribution < -0.4 is 10.2 Å². The van der Waals surface area contributed by atoms with Crippen molar-refractivity contribution in [3.8, 4) is 0 Å². The fourth-order valence-corrected chi connectivity index (χ4v) is 5.97. The summed E-state index contributed by atoms with van der Waals surface area (Å²) in [5.41, 5.74) is 2.71. The molecule has 1 heterocycles. The fourth-order valence-electron chi connectivity index (χ4n) is 5.50. The Hall–Kier alpha value is -2.44. The van der Waals surface area contributed by atoms with Gasteiger partial charge in [0, 0.05) is 37.1 Å². The van der Waals surface area contributed by atoms with Crippen molar-refractivity contribution in [3.63, 3.8) is 0 Å². The van der Waals surface area contributed by atoms with E-state index in [1.807, 2.05) is 62.9 Å². The van der Waals surface area contributed by atoms with Gasteiger partial charge in [0.25, 0.3) is 0 Å². The van der Waals surface area contributed by atoms with Gasteiger partial charge in [-0.3, -0.25) is 4.79 Å². The third kappa shape index (κ3) is 7.35. The molecule has 6 nitrogen and oxygen atoms in total. The molecule has 1 N–H and O–H groups in total. The third-order valence-electron chi connectivity index (χ3n) is 7.49. The van der Waals surface area contributed by atoms with Gasteiger partial charge in [-0.2, -0.15) is 0 Å². The van der Waals surface area contributed by atoms with Crippen LogP contribution in [0.1, 0.15) is 63.6 Å². The van der Waals surface area contributed by atoms with E-state index in [1.165, 1.54) is 0 Å². The maximum Gasteiger partial charge on any atom is 0.407 e. The first kappa shape index (κ1) is 28.6. The van der Waals surface area contributed by atoms with E-state index in [0.29, 0.717) is 37.1 Å². The smallest absolute Gasteiger partial charge is 0.407 e. The van der Waals surface area contributed by atoms with Crippen molar-refractivity contribution in [2.75, 3.05) is 31.1 Å². The van der Waals surface area contributed by atoms with Crippen LogP contribution in [0.5, 0.6) is 0 Å². The van der Waals surface area contributed by atoms with Crippen LogP contribution in [0.3, 0.4) is 0 Å². The Morgan fingerprint density at radius 3 is 2.32 bits per heavy atom. The van der Waals surface area contributed by atoms with Crippen LogP contribution in [0.25, 0.3) is 0 Å². The molecule has 2 aromatic carbocycles. The lowest BCUT2D eigenvalue weighted by Crippen LogP contribution is -2.52. The molecule has 1 saturated carbocycles. The Labute approximate surface area is 236 Å². The predicted molar refractivity (Wildman–Crippen MR) is 154 cm³/mol. The summed E-state index contributed by atoms with van der Waals surface area (Å²) < 4.78 is 5.34. The van der Waals surface area contributed by atoms with E-state index in [1.54, 1.807) is 0 Å². The summed E-state index contributed by atoms with van der Waals surface area (Å²) in [6, 6.07) is 14.0. The van der Waals surface area contributed by atoms with Gasteiger partial charge in [-0.15, -0.1) is 0 Å². The number of nitrogens with zero attached hydrogens (tertiary/aromatic N) is 2. The number of rotatable bonds is 5. The molecule has 2 aliphatic rings. The molecule has 2 amide bonds. The van der Waals surface area contributed by atoms with Crippen molar-refractivity contribution in [1.82, 2.24) is 10.2 Å². The van der Waals surface area contributed by atoms with Crippen molar-refractivity contribution in [2.24, 2.45) is 11.8 Å². The average molecular weight is 561 g/mol. The van der Waals surface area contributed by atoms with E-state index in [2.05, 4.69) is 22.3 Å². The Balaban J connectivity index is 1.39. The molecule has 0 radical (unpaired) electrons. The highest BCUT2D eigenvalue weighted by atomic mass is 35.5. The predicted octanol–water partition coefficient (Wildman–Crippen LogP) is 7.02. The van der Waals surface area contributed by atoms with Crippen molar-refractivity contribution < 1.29 is 14.3 Å². The van der Waals surface area contributed by atoms with Crippen LogP contribution in [-0.4, -0.2) is 48.7 Å². The number of carbonyl (C=O) groups excluding carboxylic acids is 2. The molecule has 206 valence electrons. The molecule has 0 unspecified atom stereocenters. The Morgan fingerprint density at radius 1 is 1.00 bits per heavy atom. The molecular formula is C30H39Cl2N3O3. The zero-order valence-electron chi connectivity index (χ0n) is 22.8. The van der Waals surface area contributed by atoms with E-state index in [-0.39, 0.29) is 24.0 Å². The van der Waals surface area contributed by atoms with Crippen LogP contribution in [0.2, 0.25) is 10.0 Å². The Bertz CT molecular complexity index is 1120. The molecule has 2 aromatic rings. The second-order valence-corrected chi connectivity index (χ2v) is 12.4. The van der Waals surface area contributed by atoms with Crippen molar-refractivity contribution in [1.29, 1.82) is 0 Å². The van der Waals surface area contributed by atoms with E-state index in [4.69, 9.17) is 27.9 Å². The summed E-state index contributed by atoms with van der Waals surface area (Å²) in [7, 11) is 0.